The van der Waals surface area contributed by atoms with Crippen molar-refractivity contribution in [3.05, 3.63) is 23.8 Å². The van der Waals surface area contributed by atoms with E-state index in [0.717, 1.165) is 30.8 Å². The number of rotatable bonds is 5. The molecule has 0 N–H and O–H groups in total. The first-order chi connectivity index (χ1) is 9.09. The van der Waals surface area contributed by atoms with Crippen molar-refractivity contribution in [1.29, 1.82) is 0 Å². The topological polar surface area (TPSA) is 18.5 Å². The molecule has 2 rings (SSSR count). The van der Waals surface area contributed by atoms with Crippen molar-refractivity contribution >= 4 is 11.6 Å². The van der Waals surface area contributed by atoms with Crippen LogP contribution in [0.15, 0.2) is 18.2 Å². The molecule has 3 heteroatoms. The maximum atomic E-state index is 6.27. The molecule has 19 heavy (non-hydrogen) atoms. The Labute approximate surface area is 121 Å². The van der Waals surface area contributed by atoms with Crippen LogP contribution < -0.4 is 9.47 Å². The fraction of sp³-hybridized carbons (Fsp3) is 0.625. The second-order valence-electron chi connectivity index (χ2n) is 5.43. The summed E-state index contributed by atoms with van der Waals surface area (Å²) < 4.78 is 11.3. The Bertz CT molecular complexity index is 433. The van der Waals surface area contributed by atoms with Gasteiger partial charge in [0.25, 0.3) is 0 Å². The molecule has 1 saturated carbocycles. The molecule has 0 aliphatic heterocycles. The van der Waals surface area contributed by atoms with E-state index in [-0.39, 0.29) is 5.41 Å². The van der Waals surface area contributed by atoms with Gasteiger partial charge in [-0.3, -0.25) is 0 Å². The summed E-state index contributed by atoms with van der Waals surface area (Å²) in [4.78, 5) is 0. The standard InChI is InChI=1S/C16H23ClO2/c1-4-18-14-7-6-12(10-15(14)19-5-2)16(3)9-8-13(17)11-16/h6-7,10,13H,4-5,8-9,11H2,1-3H3. The summed E-state index contributed by atoms with van der Waals surface area (Å²) in [7, 11) is 0. The fourth-order valence-corrected chi connectivity index (χ4v) is 3.31. The third-order valence-corrected chi connectivity index (χ3v) is 4.29. The molecular formula is C16H23ClO2. The molecule has 0 radical (unpaired) electrons. The van der Waals surface area contributed by atoms with Crippen molar-refractivity contribution in [1.82, 2.24) is 0 Å². The molecule has 0 aromatic heterocycles. The van der Waals surface area contributed by atoms with E-state index in [1.54, 1.807) is 0 Å². The van der Waals surface area contributed by atoms with Crippen molar-refractivity contribution < 1.29 is 9.47 Å². The second-order valence-corrected chi connectivity index (χ2v) is 6.05. The number of hydrogen-bond acceptors (Lipinski definition) is 2. The van der Waals surface area contributed by atoms with Gasteiger partial charge in [-0.2, -0.15) is 0 Å². The zero-order valence-electron chi connectivity index (χ0n) is 12.0. The Kier molecular flexibility index (Phi) is 4.62. The maximum Gasteiger partial charge on any atom is 0.161 e. The van der Waals surface area contributed by atoms with E-state index in [1.807, 2.05) is 19.9 Å². The number of halogens is 1. The summed E-state index contributed by atoms with van der Waals surface area (Å²) in [5, 5.41) is 0.298. The predicted molar refractivity (Wildman–Crippen MR) is 79.6 cm³/mol. The summed E-state index contributed by atoms with van der Waals surface area (Å²) in [6, 6.07) is 6.31. The molecule has 1 aromatic carbocycles. The molecule has 0 heterocycles. The zero-order valence-corrected chi connectivity index (χ0v) is 12.8. The largest absolute Gasteiger partial charge is 0.490 e. The molecular weight excluding hydrogens is 260 g/mol. The van der Waals surface area contributed by atoms with Crippen LogP contribution in [0.1, 0.15) is 45.6 Å². The third-order valence-electron chi connectivity index (χ3n) is 3.92. The van der Waals surface area contributed by atoms with Crippen LogP contribution >= 0.6 is 11.6 Å². The average molecular weight is 283 g/mol. The molecule has 106 valence electrons. The van der Waals surface area contributed by atoms with Gasteiger partial charge in [-0.1, -0.05) is 13.0 Å². The second kappa shape index (κ2) is 6.04. The maximum absolute atomic E-state index is 6.27. The van der Waals surface area contributed by atoms with Crippen LogP contribution in [0.5, 0.6) is 11.5 Å². The molecule has 1 aliphatic rings. The van der Waals surface area contributed by atoms with E-state index in [9.17, 15) is 0 Å². The smallest absolute Gasteiger partial charge is 0.161 e. The van der Waals surface area contributed by atoms with Crippen LogP contribution in [-0.4, -0.2) is 18.6 Å². The van der Waals surface area contributed by atoms with Crippen molar-refractivity contribution in [2.24, 2.45) is 0 Å². The Morgan fingerprint density at radius 2 is 1.89 bits per heavy atom. The quantitative estimate of drug-likeness (QED) is 0.739. The highest BCUT2D eigenvalue weighted by molar-refractivity contribution is 6.20. The number of ether oxygens (including phenoxy) is 2. The lowest BCUT2D eigenvalue weighted by Crippen LogP contribution is -2.18. The van der Waals surface area contributed by atoms with Crippen molar-refractivity contribution in [3.8, 4) is 11.5 Å². The minimum Gasteiger partial charge on any atom is -0.490 e. The van der Waals surface area contributed by atoms with Crippen molar-refractivity contribution in [2.75, 3.05) is 13.2 Å². The lowest BCUT2D eigenvalue weighted by atomic mass is 9.81. The van der Waals surface area contributed by atoms with Gasteiger partial charge in [-0.25, -0.2) is 0 Å². The molecule has 2 nitrogen and oxygen atoms in total. The van der Waals surface area contributed by atoms with Gasteiger partial charge < -0.3 is 9.47 Å². The van der Waals surface area contributed by atoms with Gasteiger partial charge in [0.05, 0.1) is 13.2 Å². The first kappa shape index (κ1) is 14.5. The molecule has 0 spiro atoms. The molecule has 0 saturated heterocycles. The first-order valence-corrected chi connectivity index (χ1v) is 7.57. The number of benzene rings is 1. The molecule has 1 aromatic rings. The highest BCUT2D eigenvalue weighted by atomic mass is 35.5. The van der Waals surface area contributed by atoms with Crippen LogP contribution in [0.25, 0.3) is 0 Å². The Balaban J connectivity index is 2.29. The number of alkyl halides is 1. The molecule has 0 amide bonds. The normalized spacial score (nSPS) is 26.4. The van der Waals surface area contributed by atoms with Gasteiger partial charge in [-0.15, -0.1) is 11.6 Å². The van der Waals surface area contributed by atoms with Crippen molar-refractivity contribution in [2.45, 2.75) is 50.8 Å². The predicted octanol–water partition coefficient (Wildman–Crippen LogP) is 4.53. The lowest BCUT2D eigenvalue weighted by Gasteiger charge is -2.25. The highest BCUT2D eigenvalue weighted by Crippen LogP contribution is 2.44. The SMILES string of the molecule is CCOc1ccc(C2(C)CCC(Cl)C2)cc1OCC. The van der Waals surface area contributed by atoms with E-state index in [1.165, 1.54) is 5.56 Å². The van der Waals surface area contributed by atoms with E-state index < -0.39 is 0 Å². The highest BCUT2D eigenvalue weighted by Gasteiger charge is 2.36. The summed E-state index contributed by atoms with van der Waals surface area (Å²) >= 11 is 6.27. The van der Waals surface area contributed by atoms with Crippen LogP contribution in [0.2, 0.25) is 0 Å². The monoisotopic (exact) mass is 282 g/mol. The van der Waals surface area contributed by atoms with Gasteiger partial charge in [0, 0.05) is 5.38 Å². The molecule has 2 unspecified atom stereocenters. The van der Waals surface area contributed by atoms with Gasteiger partial charge in [-0.05, 0) is 56.2 Å². The Morgan fingerprint density at radius 1 is 1.21 bits per heavy atom. The Hall–Kier alpha value is -0.890. The van der Waals surface area contributed by atoms with Crippen LogP contribution in [0, 0.1) is 0 Å². The van der Waals surface area contributed by atoms with Crippen LogP contribution in [-0.2, 0) is 5.41 Å². The van der Waals surface area contributed by atoms with E-state index in [2.05, 4.69) is 19.1 Å². The van der Waals surface area contributed by atoms with Gasteiger partial charge >= 0.3 is 0 Å². The van der Waals surface area contributed by atoms with Crippen LogP contribution in [0.3, 0.4) is 0 Å². The van der Waals surface area contributed by atoms with E-state index >= 15 is 0 Å². The average Bonchev–Trinajstić information content (AvgIpc) is 2.73. The molecule has 1 fully saturated rings. The minimum absolute atomic E-state index is 0.170. The van der Waals surface area contributed by atoms with E-state index in [0.29, 0.717) is 18.6 Å². The van der Waals surface area contributed by atoms with Gasteiger partial charge in [0.15, 0.2) is 11.5 Å². The number of hydrogen-bond donors (Lipinski definition) is 0. The molecule has 0 bridgehead atoms. The summed E-state index contributed by atoms with van der Waals surface area (Å²) in [5.41, 5.74) is 1.48. The lowest BCUT2D eigenvalue weighted by molar-refractivity contribution is 0.286. The third kappa shape index (κ3) is 3.17. The van der Waals surface area contributed by atoms with Gasteiger partial charge in [0.1, 0.15) is 0 Å². The summed E-state index contributed by atoms with van der Waals surface area (Å²) in [5.74, 6) is 1.68. The Morgan fingerprint density at radius 3 is 2.47 bits per heavy atom. The van der Waals surface area contributed by atoms with E-state index in [4.69, 9.17) is 21.1 Å². The van der Waals surface area contributed by atoms with Crippen molar-refractivity contribution in [3.63, 3.8) is 0 Å². The summed E-state index contributed by atoms with van der Waals surface area (Å²) in [6.45, 7) is 7.58. The fourth-order valence-electron chi connectivity index (χ4n) is 2.86. The summed E-state index contributed by atoms with van der Waals surface area (Å²) in [6.07, 6.45) is 3.27. The zero-order chi connectivity index (χ0) is 13.9. The molecule has 1 aliphatic carbocycles. The minimum atomic E-state index is 0.170. The molecule has 2 atom stereocenters. The first-order valence-electron chi connectivity index (χ1n) is 7.13. The van der Waals surface area contributed by atoms with Gasteiger partial charge in [0.2, 0.25) is 0 Å². The van der Waals surface area contributed by atoms with Crippen LogP contribution in [0.4, 0.5) is 0 Å².